The van der Waals surface area contributed by atoms with Crippen molar-refractivity contribution in [3.63, 3.8) is 0 Å². The molecule has 2 heterocycles. The molecule has 3 aromatic rings. The van der Waals surface area contributed by atoms with Gasteiger partial charge in [-0.3, -0.25) is 4.79 Å². The van der Waals surface area contributed by atoms with Crippen molar-refractivity contribution in [2.45, 2.75) is 31.3 Å². The summed E-state index contributed by atoms with van der Waals surface area (Å²) in [4.78, 5) is 14.5. The van der Waals surface area contributed by atoms with E-state index in [-0.39, 0.29) is 18.5 Å². The molecule has 4 rings (SSSR count). The number of nitrogens with one attached hydrogen (secondary N) is 1. The molecule has 8 nitrogen and oxygen atoms in total. The van der Waals surface area contributed by atoms with E-state index in [4.69, 9.17) is 9.15 Å². The lowest BCUT2D eigenvalue weighted by atomic mass is 10.0. The SMILES string of the molecule is CN(C)c1ccc2cc(-c3ccc(/C=C(\C#N)C(=O)NCC4CC(O)CC(O)O4)o3)ccc2c1. The number of fused-ring (bicyclic) bond motifs is 1. The Morgan fingerprint density at radius 3 is 2.65 bits per heavy atom. The third-order valence-corrected chi connectivity index (χ3v) is 5.75. The van der Waals surface area contributed by atoms with Crippen LogP contribution in [0.2, 0.25) is 0 Å². The zero-order valence-electron chi connectivity index (χ0n) is 19.1. The molecule has 1 saturated heterocycles. The zero-order valence-corrected chi connectivity index (χ0v) is 19.1. The monoisotopic (exact) mass is 461 g/mol. The van der Waals surface area contributed by atoms with Crippen molar-refractivity contribution in [3.8, 4) is 17.4 Å². The number of benzene rings is 2. The van der Waals surface area contributed by atoms with Crippen LogP contribution in [0.15, 0.2) is 58.5 Å². The van der Waals surface area contributed by atoms with E-state index in [1.165, 1.54) is 6.08 Å². The molecule has 3 N–H and O–H groups in total. The van der Waals surface area contributed by atoms with Crippen molar-refractivity contribution >= 4 is 28.4 Å². The quantitative estimate of drug-likeness (QED) is 0.381. The van der Waals surface area contributed by atoms with Crippen LogP contribution < -0.4 is 10.2 Å². The van der Waals surface area contributed by atoms with Crippen molar-refractivity contribution in [2.24, 2.45) is 0 Å². The van der Waals surface area contributed by atoms with Gasteiger partial charge in [-0.25, -0.2) is 0 Å². The molecule has 8 heteroatoms. The Kier molecular flexibility index (Phi) is 6.98. The molecule has 34 heavy (non-hydrogen) atoms. The molecule has 3 atom stereocenters. The van der Waals surface area contributed by atoms with Crippen LogP contribution in [-0.2, 0) is 9.53 Å². The fourth-order valence-electron chi connectivity index (χ4n) is 3.94. The Balaban J connectivity index is 1.46. The summed E-state index contributed by atoms with van der Waals surface area (Å²) < 4.78 is 11.2. The van der Waals surface area contributed by atoms with Crippen molar-refractivity contribution in [3.05, 3.63) is 59.9 Å². The van der Waals surface area contributed by atoms with Crippen molar-refractivity contribution in [1.82, 2.24) is 5.32 Å². The Morgan fingerprint density at radius 2 is 1.91 bits per heavy atom. The highest BCUT2D eigenvalue weighted by Gasteiger charge is 2.27. The minimum Gasteiger partial charge on any atom is -0.457 e. The van der Waals surface area contributed by atoms with Gasteiger partial charge < -0.3 is 29.6 Å². The summed E-state index contributed by atoms with van der Waals surface area (Å²) in [6, 6.07) is 17.7. The van der Waals surface area contributed by atoms with Gasteiger partial charge in [0.15, 0.2) is 6.29 Å². The molecule has 1 amide bonds. The zero-order chi connectivity index (χ0) is 24.2. The summed E-state index contributed by atoms with van der Waals surface area (Å²) in [5, 5.41) is 33.6. The second-order valence-corrected chi connectivity index (χ2v) is 8.56. The summed E-state index contributed by atoms with van der Waals surface area (Å²) in [5.41, 5.74) is 1.89. The van der Waals surface area contributed by atoms with Gasteiger partial charge in [-0.15, -0.1) is 0 Å². The summed E-state index contributed by atoms with van der Waals surface area (Å²) in [6.07, 6.45) is -0.462. The van der Waals surface area contributed by atoms with E-state index in [2.05, 4.69) is 28.4 Å². The first-order valence-electron chi connectivity index (χ1n) is 11.1. The molecular formula is C26H27N3O5. The van der Waals surface area contributed by atoms with E-state index in [9.17, 15) is 20.3 Å². The number of carbonyl (C=O) groups is 1. The van der Waals surface area contributed by atoms with Crippen LogP contribution in [0.5, 0.6) is 0 Å². The fraction of sp³-hybridized carbons (Fsp3) is 0.308. The highest BCUT2D eigenvalue weighted by atomic mass is 16.6. The standard InChI is InChI=1S/C26H27N3O5/c1-29(2)20-6-5-16-9-18(4-3-17(16)10-20)24-8-7-22(33-24)11-19(14-27)26(32)28-15-23-12-21(30)13-25(31)34-23/h3-11,21,23,25,30-31H,12-13,15H2,1-2H3,(H,28,32)/b19-11+. The van der Waals surface area contributed by atoms with E-state index >= 15 is 0 Å². The molecule has 1 aromatic heterocycles. The predicted octanol–water partition coefficient (Wildman–Crippen LogP) is 3.05. The maximum absolute atomic E-state index is 12.5. The highest BCUT2D eigenvalue weighted by Crippen LogP contribution is 2.29. The number of anilines is 1. The first-order chi connectivity index (χ1) is 16.3. The summed E-state index contributed by atoms with van der Waals surface area (Å²) >= 11 is 0. The summed E-state index contributed by atoms with van der Waals surface area (Å²) in [5.74, 6) is 0.423. The van der Waals surface area contributed by atoms with Crippen LogP contribution in [0.4, 0.5) is 5.69 Å². The molecule has 3 unspecified atom stereocenters. The number of nitriles is 1. The largest absolute Gasteiger partial charge is 0.457 e. The van der Waals surface area contributed by atoms with Gasteiger partial charge in [-0.1, -0.05) is 18.2 Å². The van der Waals surface area contributed by atoms with E-state index < -0.39 is 24.4 Å². The number of hydrogen-bond acceptors (Lipinski definition) is 7. The number of rotatable bonds is 6. The Bertz CT molecular complexity index is 1250. The molecule has 0 spiro atoms. The molecule has 1 fully saturated rings. The maximum Gasteiger partial charge on any atom is 0.262 e. The predicted molar refractivity (Wildman–Crippen MR) is 129 cm³/mol. The van der Waals surface area contributed by atoms with Gasteiger partial charge in [0.25, 0.3) is 5.91 Å². The van der Waals surface area contributed by atoms with E-state index in [0.29, 0.717) is 17.9 Å². The van der Waals surface area contributed by atoms with E-state index in [1.54, 1.807) is 12.1 Å². The number of carbonyl (C=O) groups excluding carboxylic acids is 1. The van der Waals surface area contributed by atoms with Gasteiger partial charge in [0.1, 0.15) is 23.2 Å². The van der Waals surface area contributed by atoms with Gasteiger partial charge >= 0.3 is 0 Å². The van der Waals surface area contributed by atoms with Crippen molar-refractivity contribution in [2.75, 3.05) is 25.5 Å². The van der Waals surface area contributed by atoms with Crippen LogP contribution in [0.1, 0.15) is 18.6 Å². The second-order valence-electron chi connectivity index (χ2n) is 8.56. The lowest BCUT2D eigenvalue weighted by molar-refractivity contribution is -0.187. The van der Waals surface area contributed by atoms with Crippen LogP contribution in [0.25, 0.3) is 28.2 Å². The topological polar surface area (TPSA) is 119 Å². The first kappa shape index (κ1) is 23.5. The minimum atomic E-state index is -1.07. The maximum atomic E-state index is 12.5. The normalized spacial score (nSPS) is 20.7. The lowest BCUT2D eigenvalue weighted by Gasteiger charge is -2.30. The number of aliphatic hydroxyl groups is 2. The molecule has 0 radical (unpaired) electrons. The van der Waals surface area contributed by atoms with Crippen LogP contribution in [0.3, 0.4) is 0 Å². The van der Waals surface area contributed by atoms with Gasteiger partial charge in [-0.2, -0.15) is 5.26 Å². The summed E-state index contributed by atoms with van der Waals surface area (Å²) in [6.45, 7) is 0.0714. The Labute approximate surface area is 197 Å². The van der Waals surface area contributed by atoms with Gasteiger partial charge in [-0.05, 0) is 41.1 Å². The fourth-order valence-corrected chi connectivity index (χ4v) is 3.94. The number of nitrogens with zero attached hydrogens (tertiary/aromatic N) is 2. The lowest BCUT2D eigenvalue weighted by Crippen LogP contribution is -2.42. The molecule has 0 bridgehead atoms. The molecule has 1 aliphatic rings. The summed E-state index contributed by atoms with van der Waals surface area (Å²) in [7, 11) is 4.00. The van der Waals surface area contributed by atoms with E-state index in [1.807, 2.05) is 38.4 Å². The third kappa shape index (κ3) is 5.46. The van der Waals surface area contributed by atoms with Gasteiger partial charge in [0, 0.05) is 50.8 Å². The highest BCUT2D eigenvalue weighted by molar-refractivity contribution is 6.01. The number of hydrogen-bond donors (Lipinski definition) is 3. The average molecular weight is 462 g/mol. The minimum absolute atomic E-state index is 0.0714. The van der Waals surface area contributed by atoms with Crippen LogP contribution >= 0.6 is 0 Å². The smallest absolute Gasteiger partial charge is 0.262 e. The molecule has 2 aromatic carbocycles. The molecule has 0 aliphatic carbocycles. The molecular weight excluding hydrogens is 434 g/mol. The van der Waals surface area contributed by atoms with Crippen molar-refractivity contribution in [1.29, 1.82) is 5.26 Å². The van der Waals surface area contributed by atoms with Gasteiger partial charge in [0.2, 0.25) is 0 Å². The third-order valence-electron chi connectivity index (χ3n) is 5.75. The van der Waals surface area contributed by atoms with E-state index in [0.717, 1.165) is 22.0 Å². The van der Waals surface area contributed by atoms with Crippen LogP contribution in [0, 0.1) is 11.3 Å². The molecule has 1 aliphatic heterocycles. The number of furan rings is 1. The second kappa shape index (κ2) is 10.1. The van der Waals surface area contributed by atoms with Crippen LogP contribution in [-0.4, -0.2) is 55.3 Å². The first-order valence-corrected chi connectivity index (χ1v) is 11.1. The number of aliphatic hydroxyl groups excluding tert-OH is 2. The number of amides is 1. The van der Waals surface area contributed by atoms with Gasteiger partial charge in [0.05, 0.1) is 12.2 Å². The Morgan fingerprint density at radius 1 is 1.15 bits per heavy atom. The van der Waals surface area contributed by atoms with Crippen molar-refractivity contribution < 1.29 is 24.2 Å². The Hall–Kier alpha value is -3.64. The average Bonchev–Trinajstić information content (AvgIpc) is 3.28. The molecule has 0 saturated carbocycles. The molecule has 176 valence electrons. The number of ether oxygens (including phenoxy) is 1.